The van der Waals surface area contributed by atoms with Gasteiger partial charge in [0.1, 0.15) is 13.6 Å². The molecule has 0 N–H and O–H groups in total. The van der Waals surface area contributed by atoms with E-state index in [1.54, 1.807) is 36.9 Å². The molecule has 7 aromatic rings. The van der Waals surface area contributed by atoms with Crippen molar-refractivity contribution in [2.75, 3.05) is 19.1 Å². The standard InChI is InChI=1S/C41H35B2NO2S2/c1-26-24-27(2)37(28(3)25-26)43(46-5)41-36(42)40-39(48-41)35(29-18-22-34(45-4)23-19-29)38(47-40)30-16-20-33(21-17-30)44(31-12-8-6-9-13-31)32-14-10-7-11-15-32/h6-25H,1-5H3. The Kier molecular flexibility index (Phi) is 9.02. The number of ether oxygens (including phenoxy) is 1. The molecule has 2 radical (unpaired) electrons. The summed E-state index contributed by atoms with van der Waals surface area (Å²) in [6, 6.07) is 42.6. The van der Waals surface area contributed by atoms with Gasteiger partial charge in [-0.25, -0.2) is 0 Å². The van der Waals surface area contributed by atoms with Crippen molar-refractivity contribution in [3.8, 4) is 27.3 Å². The first kappa shape index (κ1) is 32.0. The number of rotatable bonds is 9. The zero-order chi connectivity index (χ0) is 33.4. The number of benzene rings is 5. The molecule has 0 aliphatic rings. The summed E-state index contributed by atoms with van der Waals surface area (Å²) < 4.78 is 15.0. The maximum Gasteiger partial charge on any atom is 0.371 e. The zero-order valence-electron chi connectivity index (χ0n) is 27.8. The minimum Gasteiger partial charge on any atom is -0.497 e. The molecule has 0 saturated heterocycles. The van der Waals surface area contributed by atoms with Gasteiger partial charge in [-0.15, -0.1) is 22.7 Å². The molecule has 48 heavy (non-hydrogen) atoms. The van der Waals surface area contributed by atoms with Crippen LogP contribution in [0.4, 0.5) is 17.1 Å². The van der Waals surface area contributed by atoms with E-state index in [1.165, 1.54) is 37.3 Å². The SMILES string of the molecule is [B]c1c(B(OC)c2c(C)cc(C)cc2C)sc2c(-c3ccc(OC)cc3)c(-c3ccc(N(c4ccccc4)c4ccccc4)cc3)sc12. The predicted octanol–water partition coefficient (Wildman–Crippen LogP) is 9.25. The Labute approximate surface area is 293 Å². The Morgan fingerprint density at radius 1 is 0.625 bits per heavy atom. The van der Waals surface area contributed by atoms with E-state index in [2.05, 4.69) is 123 Å². The van der Waals surface area contributed by atoms with Gasteiger partial charge >= 0.3 is 6.92 Å². The van der Waals surface area contributed by atoms with Gasteiger partial charge in [0.15, 0.2) is 0 Å². The number of nitrogens with zero attached hydrogens (tertiary/aromatic N) is 1. The van der Waals surface area contributed by atoms with Crippen molar-refractivity contribution >= 4 is 79.6 Å². The van der Waals surface area contributed by atoms with Crippen molar-refractivity contribution in [1.82, 2.24) is 0 Å². The molecule has 7 heteroatoms. The quantitative estimate of drug-likeness (QED) is 0.144. The minimum absolute atomic E-state index is 0.247. The van der Waals surface area contributed by atoms with E-state index >= 15 is 0 Å². The highest BCUT2D eigenvalue weighted by Gasteiger charge is 2.31. The zero-order valence-corrected chi connectivity index (χ0v) is 29.4. The van der Waals surface area contributed by atoms with E-state index in [1.807, 2.05) is 24.3 Å². The van der Waals surface area contributed by atoms with Crippen LogP contribution in [-0.2, 0) is 4.65 Å². The first-order valence-electron chi connectivity index (χ1n) is 16.0. The van der Waals surface area contributed by atoms with E-state index in [9.17, 15) is 0 Å². The maximum absolute atomic E-state index is 7.07. The molecular formula is C41H35B2NO2S2. The first-order chi connectivity index (χ1) is 23.4. The Bertz CT molecular complexity index is 2130. The third kappa shape index (κ3) is 5.87. The van der Waals surface area contributed by atoms with Crippen LogP contribution in [-0.4, -0.2) is 29.0 Å². The summed E-state index contributed by atoms with van der Waals surface area (Å²) in [6.07, 6.45) is 0. The van der Waals surface area contributed by atoms with Gasteiger partial charge in [-0.3, -0.25) is 0 Å². The van der Waals surface area contributed by atoms with Crippen LogP contribution in [0, 0.1) is 20.8 Å². The van der Waals surface area contributed by atoms with E-state index in [0.717, 1.165) is 48.9 Å². The van der Waals surface area contributed by atoms with E-state index in [-0.39, 0.29) is 6.92 Å². The van der Waals surface area contributed by atoms with E-state index < -0.39 is 0 Å². The van der Waals surface area contributed by atoms with Crippen molar-refractivity contribution < 1.29 is 9.39 Å². The van der Waals surface area contributed by atoms with Crippen LogP contribution in [0.1, 0.15) is 16.7 Å². The summed E-state index contributed by atoms with van der Waals surface area (Å²) in [5, 5.41) is 0. The number of methoxy groups -OCH3 is 1. The van der Waals surface area contributed by atoms with Crippen LogP contribution in [0.3, 0.4) is 0 Å². The van der Waals surface area contributed by atoms with Gasteiger partial charge in [0.05, 0.1) is 11.8 Å². The number of para-hydroxylation sites is 2. The second-order valence-corrected chi connectivity index (χ2v) is 14.1. The van der Waals surface area contributed by atoms with Crippen LogP contribution >= 0.6 is 22.7 Å². The van der Waals surface area contributed by atoms with Crippen LogP contribution in [0.15, 0.2) is 121 Å². The molecule has 0 amide bonds. The molecule has 0 saturated carbocycles. The Balaban J connectivity index is 1.37. The lowest BCUT2D eigenvalue weighted by molar-refractivity contribution is 0.415. The lowest BCUT2D eigenvalue weighted by Gasteiger charge is -2.25. The Morgan fingerprint density at radius 2 is 1.17 bits per heavy atom. The highest BCUT2D eigenvalue weighted by molar-refractivity contribution is 7.38. The molecule has 0 fully saturated rings. The predicted molar refractivity (Wildman–Crippen MR) is 210 cm³/mol. The highest BCUT2D eigenvalue weighted by atomic mass is 32.1. The third-order valence-electron chi connectivity index (χ3n) is 8.86. The number of hydrogen-bond acceptors (Lipinski definition) is 5. The molecular weight excluding hydrogens is 624 g/mol. The van der Waals surface area contributed by atoms with Crippen LogP contribution in [0.5, 0.6) is 5.75 Å². The highest BCUT2D eigenvalue weighted by Crippen LogP contribution is 2.47. The Morgan fingerprint density at radius 3 is 1.71 bits per heavy atom. The molecule has 0 spiro atoms. The minimum atomic E-state index is -0.247. The van der Waals surface area contributed by atoms with Crippen molar-refractivity contribution in [2.24, 2.45) is 0 Å². The first-order valence-corrected chi connectivity index (χ1v) is 17.6. The molecule has 0 aliphatic heterocycles. The average Bonchev–Trinajstić information content (AvgIpc) is 3.64. The van der Waals surface area contributed by atoms with Gasteiger partial charge in [-0.1, -0.05) is 94.9 Å². The fourth-order valence-electron chi connectivity index (χ4n) is 6.71. The van der Waals surface area contributed by atoms with Crippen LogP contribution in [0.25, 0.3) is 31.0 Å². The van der Waals surface area contributed by atoms with Crippen molar-refractivity contribution in [3.05, 3.63) is 138 Å². The van der Waals surface area contributed by atoms with Gasteiger partial charge < -0.3 is 14.3 Å². The largest absolute Gasteiger partial charge is 0.497 e. The van der Waals surface area contributed by atoms with Crippen molar-refractivity contribution in [2.45, 2.75) is 20.8 Å². The molecule has 0 bridgehead atoms. The summed E-state index contributed by atoms with van der Waals surface area (Å²) in [7, 11) is 10.6. The molecule has 5 aromatic carbocycles. The van der Waals surface area contributed by atoms with Gasteiger partial charge in [-0.05, 0) is 85.9 Å². The van der Waals surface area contributed by atoms with Gasteiger partial charge in [0.25, 0.3) is 0 Å². The lowest BCUT2D eigenvalue weighted by Crippen LogP contribution is -2.50. The van der Waals surface area contributed by atoms with Crippen LogP contribution in [0.2, 0.25) is 0 Å². The molecule has 0 aliphatic carbocycles. The normalized spacial score (nSPS) is 11.2. The molecule has 234 valence electrons. The number of aryl methyl sites for hydroxylation is 3. The number of fused-ring (bicyclic) bond motifs is 1. The smallest absolute Gasteiger partial charge is 0.371 e. The van der Waals surface area contributed by atoms with Crippen molar-refractivity contribution in [1.29, 1.82) is 0 Å². The summed E-state index contributed by atoms with van der Waals surface area (Å²) in [6.45, 7) is 6.21. The number of anilines is 3. The van der Waals surface area contributed by atoms with Gasteiger partial charge in [-0.2, -0.15) is 0 Å². The maximum atomic E-state index is 7.07. The van der Waals surface area contributed by atoms with Gasteiger partial charge in [0, 0.05) is 44.1 Å². The van der Waals surface area contributed by atoms with Crippen molar-refractivity contribution in [3.63, 3.8) is 0 Å². The summed E-state index contributed by atoms with van der Waals surface area (Å²) in [5.74, 6) is 0.828. The van der Waals surface area contributed by atoms with E-state index in [4.69, 9.17) is 17.2 Å². The third-order valence-corrected chi connectivity index (χ3v) is 11.5. The summed E-state index contributed by atoms with van der Waals surface area (Å²) >= 11 is 3.50. The molecule has 0 unspecified atom stereocenters. The fraction of sp³-hybridized carbons (Fsp3) is 0.122. The summed E-state index contributed by atoms with van der Waals surface area (Å²) in [5.41, 5.74) is 12.4. The molecule has 0 atom stereocenters. The average molecular weight is 659 g/mol. The lowest BCUT2D eigenvalue weighted by atomic mass is 9.54. The number of hydrogen-bond donors (Lipinski definition) is 0. The monoisotopic (exact) mass is 659 g/mol. The van der Waals surface area contributed by atoms with Crippen LogP contribution < -0.4 is 25.3 Å². The number of thiophene rings is 2. The Hall–Kier alpha value is -4.55. The fourth-order valence-corrected chi connectivity index (χ4v) is 9.56. The molecule has 7 rings (SSSR count). The summed E-state index contributed by atoms with van der Waals surface area (Å²) in [4.78, 5) is 3.47. The molecule has 2 aromatic heterocycles. The van der Waals surface area contributed by atoms with Gasteiger partial charge in [0.2, 0.25) is 0 Å². The molecule has 3 nitrogen and oxygen atoms in total. The molecule has 2 heterocycles. The van der Waals surface area contributed by atoms with E-state index in [0.29, 0.717) is 0 Å². The second-order valence-electron chi connectivity index (χ2n) is 12.1. The topological polar surface area (TPSA) is 21.7 Å². The second kappa shape index (κ2) is 13.5.